The van der Waals surface area contributed by atoms with Crippen LogP contribution in [-0.2, 0) is 11.2 Å². The molecule has 20 heavy (non-hydrogen) atoms. The molecule has 1 fully saturated rings. The summed E-state index contributed by atoms with van der Waals surface area (Å²) in [6.45, 7) is 2.17. The minimum absolute atomic E-state index is 0.470. The number of rotatable bonds is 4. The third-order valence-corrected chi connectivity index (χ3v) is 5.51. The second-order valence-electron chi connectivity index (χ2n) is 5.83. The summed E-state index contributed by atoms with van der Waals surface area (Å²) >= 11 is 12.2. The molecule has 0 aliphatic heterocycles. The van der Waals surface area contributed by atoms with E-state index in [1.807, 2.05) is 12.1 Å². The smallest absolute Gasteiger partial charge is 0.309 e. The number of hydrogen-bond donors (Lipinski definition) is 1. The Morgan fingerprint density at radius 2 is 2.00 bits per heavy atom. The lowest BCUT2D eigenvalue weighted by atomic mass is 9.67. The maximum absolute atomic E-state index is 11.8. The molecule has 110 valence electrons. The van der Waals surface area contributed by atoms with Crippen molar-refractivity contribution in [3.63, 3.8) is 0 Å². The summed E-state index contributed by atoms with van der Waals surface area (Å²) in [6.07, 6.45) is 5.03. The molecule has 0 radical (unpaired) electrons. The topological polar surface area (TPSA) is 37.3 Å². The van der Waals surface area contributed by atoms with Crippen LogP contribution in [-0.4, -0.2) is 11.1 Å². The number of aliphatic carboxylic acids is 1. The van der Waals surface area contributed by atoms with Crippen LogP contribution in [0.5, 0.6) is 0 Å². The first-order valence-electron chi connectivity index (χ1n) is 7.15. The molecule has 1 aromatic carbocycles. The van der Waals surface area contributed by atoms with Crippen LogP contribution < -0.4 is 0 Å². The summed E-state index contributed by atoms with van der Waals surface area (Å²) in [5, 5.41) is 10.7. The summed E-state index contributed by atoms with van der Waals surface area (Å²) in [4.78, 5) is 11.8. The molecule has 0 aromatic heterocycles. The van der Waals surface area contributed by atoms with Crippen LogP contribution in [0, 0.1) is 11.3 Å². The largest absolute Gasteiger partial charge is 0.481 e. The van der Waals surface area contributed by atoms with Crippen LogP contribution in [0.1, 0.15) is 44.6 Å². The maximum Gasteiger partial charge on any atom is 0.309 e. The van der Waals surface area contributed by atoms with Crippen molar-refractivity contribution in [1.82, 2.24) is 0 Å². The van der Waals surface area contributed by atoms with E-state index in [0.717, 1.165) is 37.7 Å². The molecule has 1 N–H and O–H groups in total. The maximum atomic E-state index is 11.8. The zero-order valence-corrected chi connectivity index (χ0v) is 13.2. The second-order valence-corrected chi connectivity index (χ2v) is 6.61. The normalized spacial score (nSPS) is 26.4. The van der Waals surface area contributed by atoms with Crippen molar-refractivity contribution < 1.29 is 9.90 Å². The van der Waals surface area contributed by atoms with Gasteiger partial charge in [-0.2, -0.15) is 0 Å². The van der Waals surface area contributed by atoms with Gasteiger partial charge in [-0.15, -0.1) is 0 Å². The number of carboxylic acids is 1. The minimum Gasteiger partial charge on any atom is -0.481 e. The average Bonchev–Trinajstić information content (AvgIpc) is 2.44. The van der Waals surface area contributed by atoms with Crippen molar-refractivity contribution in [3.05, 3.63) is 33.8 Å². The van der Waals surface area contributed by atoms with Gasteiger partial charge >= 0.3 is 5.97 Å². The molecule has 0 unspecified atom stereocenters. The molecule has 0 heterocycles. The van der Waals surface area contributed by atoms with Gasteiger partial charge in [0.25, 0.3) is 0 Å². The van der Waals surface area contributed by atoms with E-state index >= 15 is 0 Å². The van der Waals surface area contributed by atoms with E-state index in [1.54, 1.807) is 6.07 Å². The van der Waals surface area contributed by atoms with Crippen molar-refractivity contribution in [2.75, 3.05) is 0 Å². The summed E-state index contributed by atoms with van der Waals surface area (Å²) in [7, 11) is 0. The highest BCUT2D eigenvalue weighted by Crippen LogP contribution is 2.44. The molecule has 1 aromatic rings. The summed E-state index contributed by atoms with van der Waals surface area (Å²) in [5.74, 6) is -0.0413. The van der Waals surface area contributed by atoms with Gasteiger partial charge in [-0.05, 0) is 49.7 Å². The lowest BCUT2D eigenvalue weighted by molar-refractivity contribution is -0.151. The van der Waals surface area contributed by atoms with Gasteiger partial charge in [0.1, 0.15) is 0 Å². The first-order chi connectivity index (χ1) is 9.48. The van der Waals surface area contributed by atoms with E-state index < -0.39 is 11.4 Å². The van der Waals surface area contributed by atoms with E-state index in [0.29, 0.717) is 22.4 Å². The number of halogens is 2. The Bertz CT molecular complexity index is 491. The van der Waals surface area contributed by atoms with Gasteiger partial charge in [0.05, 0.1) is 15.5 Å². The Morgan fingerprint density at radius 1 is 1.35 bits per heavy atom. The van der Waals surface area contributed by atoms with Crippen LogP contribution in [0.2, 0.25) is 10.0 Å². The van der Waals surface area contributed by atoms with Gasteiger partial charge in [-0.25, -0.2) is 0 Å². The number of benzene rings is 1. The van der Waals surface area contributed by atoms with Crippen LogP contribution in [0.25, 0.3) is 0 Å². The Hall–Kier alpha value is -0.730. The first kappa shape index (κ1) is 15.7. The molecule has 0 atom stereocenters. The standard InChI is InChI=1S/C16H20Cl2O2/c1-2-11-6-8-16(9-7-11,15(19)20)10-12-4-3-5-13(17)14(12)18/h3-5,11H,2,6-10H2,1H3,(H,19,20). The zero-order chi connectivity index (χ0) is 14.8. The second kappa shape index (κ2) is 6.36. The van der Waals surface area contributed by atoms with Crippen LogP contribution in [0.3, 0.4) is 0 Å². The monoisotopic (exact) mass is 314 g/mol. The fourth-order valence-electron chi connectivity index (χ4n) is 3.15. The average molecular weight is 315 g/mol. The number of carbonyl (C=O) groups is 1. The van der Waals surface area contributed by atoms with Crippen molar-refractivity contribution in [2.45, 2.75) is 45.4 Å². The lowest BCUT2D eigenvalue weighted by Gasteiger charge is -2.37. The van der Waals surface area contributed by atoms with Gasteiger partial charge < -0.3 is 5.11 Å². The van der Waals surface area contributed by atoms with Gasteiger partial charge in [-0.3, -0.25) is 4.79 Å². The molecule has 2 nitrogen and oxygen atoms in total. The third-order valence-electron chi connectivity index (χ3n) is 4.65. The van der Waals surface area contributed by atoms with E-state index in [4.69, 9.17) is 23.2 Å². The Kier molecular flexibility index (Phi) is 4.98. The molecule has 0 saturated heterocycles. The van der Waals surface area contributed by atoms with Gasteiger partial charge in [0.2, 0.25) is 0 Å². The molecule has 1 saturated carbocycles. The van der Waals surface area contributed by atoms with Crippen LogP contribution in [0.15, 0.2) is 18.2 Å². The van der Waals surface area contributed by atoms with Crippen molar-refractivity contribution in [1.29, 1.82) is 0 Å². The van der Waals surface area contributed by atoms with E-state index in [1.165, 1.54) is 0 Å². The number of carboxylic acid groups (broad SMARTS) is 1. The van der Waals surface area contributed by atoms with Crippen molar-refractivity contribution >= 4 is 29.2 Å². The summed E-state index contributed by atoms with van der Waals surface area (Å²) in [5.41, 5.74) is 0.163. The molecular formula is C16H20Cl2O2. The lowest BCUT2D eigenvalue weighted by Crippen LogP contribution is -2.37. The van der Waals surface area contributed by atoms with E-state index in [2.05, 4.69) is 6.92 Å². The Balaban J connectivity index is 2.22. The quantitative estimate of drug-likeness (QED) is 0.828. The molecule has 0 spiro atoms. The zero-order valence-electron chi connectivity index (χ0n) is 11.7. The molecule has 0 bridgehead atoms. The van der Waals surface area contributed by atoms with Crippen molar-refractivity contribution in [2.24, 2.45) is 11.3 Å². The molecule has 0 amide bonds. The number of hydrogen-bond acceptors (Lipinski definition) is 1. The van der Waals surface area contributed by atoms with Gasteiger partial charge in [0.15, 0.2) is 0 Å². The third kappa shape index (κ3) is 3.12. The summed E-state index contributed by atoms with van der Waals surface area (Å²) < 4.78 is 0. The van der Waals surface area contributed by atoms with Gasteiger partial charge in [0, 0.05) is 0 Å². The fraction of sp³-hybridized carbons (Fsp3) is 0.562. The highest BCUT2D eigenvalue weighted by Gasteiger charge is 2.42. The molecule has 4 heteroatoms. The predicted molar refractivity (Wildman–Crippen MR) is 82.5 cm³/mol. The molecular weight excluding hydrogens is 295 g/mol. The minimum atomic E-state index is -0.705. The van der Waals surface area contributed by atoms with Crippen LogP contribution >= 0.6 is 23.2 Å². The first-order valence-corrected chi connectivity index (χ1v) is 7.90. The highest BCUT2D eigenvalue weighted by atomic mass is 35.5. The highest BCUT2D eigenvalue weighted by molar-refractivity contribution is 6.42. The summed E-state index contributed by atoms with van der Waals surface area (Å²) in [6, 6.07) is 5.44. The molecule has 2 rings (SSSR count). The molecule has 1 aliphatic carbocycles. The Morgan fingerprint density at radius 3 is 2.55 bits per heavy atom. The SMILES string of the molecule is CCC1CCC(Cc2cccc(Cl)c2Cl)(C(=O)O)CC1. The van der Waals surface area contributed by atoms with Crippen molar-refractivity contribution in [3.8, 4) is 0 Å². The predicted octanol–water partition coefficient (Wildman–Crippen LogP) is 5.21. The fourth-order valence-corrected chi connectivity index (χ4v) is 3.54. The van der Waals surface area contributed by atoms with Gasteiger partial charge in [-0.1, -0.05) is 48.7 Å². The van der Waals surface area contributed by atoms with E-state index in [9.17, 15) is 9.90 Å². The Labute approximate surface area is 130 Å². The molecule has 1 aliphatic rings. The van der Waals surface area contributed by atoms with E-state index in [-0.39, 0.29) is 0 Å². The van der Waals surface area contributed by atoms with Crippen LogP contribution in [0.4, 0.5) is 0 Å².